The van der Waals surface area contributed by atoms with E-state index in [1.54, 1.807) is 0 Å². The molecule has 1 N–H and O–H groups in total. The van der Waals surface area contributed by atoms with E-state index in [0.717, 1.165) is 0 Å². The summed E-state index contributed by atoms with van der Waals surface area (Å²) in [5.74, 6) is -0.214. The molecular formula is C10H19NO3. The number of methoxy groups -OCH3 is 1. The van der Waals surface area contributed by atoms with Crippen LogP contribution in [-0.2, 0) is 14.3 Å². The molecule has 1 unspecified atom stereocenters. The summed E-state index contributed by atoms with van der Waals surface area (Å²) < 4.78 is 4.58. The van der Waals surface area contributed by atoms with Gasteiger partial charge in [-0.15, -0.1) is 0 Å². The minimum Gasteiger partial charge on any atom is -0.468 e. The summed E-state index contributed by atoms with van der Waals surface area (Å²) in [4.78, 5) is 22.4. The van der Waals surface area contributed by atoms with Crippen LogP contribution in [0.1, 0.15) is 27.2 Å². The standard InChI is InChI=1S/C10H19NO3/c1-5-8(10(13)14-4)11-6-9(12)7(2)3/h7-8,11H,5-6H2,1-4H3. The molecule has 0 fully saturated rings. The summed E-state index contributed by atoms with van der Waals surface area (Å²) in [5, 5.41) is 2.88. The fraction of sp³-hybridized carbons (Fsp3) is 0.800. The first-order valence-corrected chi connectivity index (χ1v) is 4.86. The fourth-order valence-corrected chi connectivity index (χ4v) is 0.965. The van der Waals surface area contributed by atoms with Gasteiger partial charge in [0.25, 0.3) is 0 Å². The molecule has 0 aliphatic heterocycles. The molecule has 4 heteroatoms. The van der Waals surface area contributed by atoms with Gasteiger partial charge in [-0.1, -0.05) is 20.8 Å². The lowest BCUT2D eigenvalue weighted by atomic mass is 10.1. The molecule has 0 saturated heterocycles. The highest BCUT2D eigenvalue weighted by Gasteiger charge is 2.17. The van der Waals surface area contributed by atoms with Crippen molar-refractivity contribution in [1.82, 2.24) is 5.32 Å². The van der Waals surface area contributed by atoms with Gasteiger partial charge in [-0.25, -0.2) is 0 Å². The number of ether oxygens (including phenoxy) is 1. The van der Waals surface area contributed by atoms with Gasteiger partial charge < -0.3 is 4.74 Å². The van der Waals surface area contributed by atoms with Gasteiger partial charge in [0, 0.05) is 5.92 Å². The quantitative estimate of drug-likeness (QED) is 0.644. The van der Waals surface area contributed by atoms with Crippen molar-refractivity contribution in [3.05, 3.63) is 0 Å². The highest BCUT2D eigenvalue weighted by atomic mass is 16.5. The Hall–Kier alpha value is -0.900. The van der Waals surface area contributed by atoms with E-state index in [0.29, 0.717) is 6.42 Å². The molecule has 0 spiro atoms. The van der Waals surface area contributed by atoms with Crippen molar-refractivity contribution in [3.8, 4) is 0 Å². The van der Waals surface area contributed by atoms with Crippen LogP contribution in [-0.4, -0.2) is 31.4 Å². The Morgan fingerprint density at radius 3 is 2.29 bits per heavy atom. The number of hydrogen-bond donors (Lipinski definition) is 1. The third-order valence-corrected chi connectivity index (χ3v) is 2.06. The number of esters is 1. The molecule has 0 aliphatic carbocycles. The van der Waals surface area contributed by atoms with Crippen molar-refractivity contribution in [2.45, 2.75) is 33.2 Å². The molecular weight excluding hydrogens is 182 g/mol. The van der Waals surface area contributed by atoms with Crippen LogP contribution < -0.4 is 5.32 Å². The second kappa shape index (κ2) is 6.54. The molecule has 14 heavy (non-hydrogen) atoms. The molecule has 0 aliphatic rings. The Bertz CT molecular complexity index is 202. The lowest BCUT2D eigenvalue weighted by Gasteiger charge is -2.14. The number of Topliss-reactive ketones (excluding diaryl/α,β-unsaturated/α-hetero) is 1. The molecule has 0 aromatic heterocycles. The maximum atomic E-state index is 11.3. The Morgan fingerprint density at radius 1 is 1.36 bits per heavy atom. The van der Waals surface area contributed by atoms with E-state index in [2.05, 4.69) is 10.1 Å². The molecule has 0 saturated carbocycles. The molecule has 0 amide bonds. The minimum absolute atomic E-state index is 0.00217. The number of hydrogen-bond acceptors (Lipinski definition) is 4. The van der Waals surface area contributed by atoms with E-state index in [9.17, 15) is 9.59 Å². The van der Waals surface area contributed by atoms with Crippen molar-refractivity contribution in [2.24, 2.45) is 5.92 Å². The lowest BCUT2D eigenvalue weighted by molar-refractivity contribution is -0.143. The highest BCUT2D eigenvalue weighted by Crippen LogP contribution is 1.96. The van der Waals surface area contributed by atoms with Crippen LogP contribution in [0.2, 0.25) is 0 Å². The Balaban J connectivity index is 3.96. The second-order valence-electron chi connectivity index (χ2n) is 3.49. The van der Waals surface area contributed by atoms with Crippen molar-refractivity contribution in [1.29, 1.82) is 0 Å². The molecule has 0 radical (unpaired) electrons. The van der Waals surface area contributed by atoms with Gasteiger partial charge in [0.05, 0.1) is 13.7 Å². The summed E-state index contributed by atoms with van der Waals surface area (Å²) in [5.41, 5.74) is 0. The molecule has 0 aromatic rings. The second-order valence-corrected chi connectivity index (χ2v) is 3.49. The number of carbonyl (C=O) groups excluding carboxylic acids is 2. The Kier molecular flexibility index (Phi) is 6.12. The average Bonchev–Trinajstić information content (AvgIpc) is 2.17. The van der Waals surface area contributed by atoms with E-state index < -0.39 is 0 Å². The van der Waals surface area contributed by atoms with E-state index in [1.165, 1.54) is 7.11 Å². The first-order valence-electron chi connectivity index (χ1n) is 4.86. The molecule has 82 valence electrons. The van der Waals surface area contributed by atoms with E-state index in [1.807, 2.05) is 20.8 Å². The smallest absolute Gasteiger partial charge is 0.322 e. The van der Waals surface area contributed by atoms with Crippen molar-refractivity contribution in [2.75, 3.05) is 13.7 Å². The van der Waals surface area contributed by atoms with Crippen molar-refractivity contribution < 1.29 is 14.3 Å². The number of nitrogens with one attached hydrogen (secondary N) is 1. The molecule has 0 rings (SSSR count). The number of ketones is 1. The third kappa shape index (κ3) is 4.37. The van der Waals surface area contributed by atoms with Crippen molar-refractivity contribution >= 4 is 11.8 Å². The van der Waals surface area contributed by atoms with Crippen LogP contribution >= 0.6 is 0 Å². The van der Waals surface area contributed by atoms with E-state index in [-0.39, 0.29) is 30.3 Å². The van der Waals surface area contributed by atoms with Gasteiger partial charge in [-0.2, -0.15) is 0 Å². The highest BCUT2D eigenvalue weighted by molar-refractivity contribution is 5.83. The third-order valence-electron chi connectivity index (χ3n) is 2.06. The number of carbonyl (C=O) groups is 2. The predicted octanol–water partition coefficient (Wildman–Crippen LogP) is 0.753. The number of rotatable bonds is 6. The lowest BCUT2D eigenvalue weighted by Crippen LogP contribution is -2.40. The molecule has 0 aromatic carbocycles. The monoisotopic (exact) mass is 201 g/mol. The van der Waals surface area contributed by atoms with Gasteiger partial charge in [0.1, 0.15) is 11.8 Å². The molecule has 0 heterocycles. The first kappa shape index (κ1) is 13.1. The molecule has 1 atom stereocenters. The zero-order chi connectivity index (χ0) is 11.1. The van der Waals surface area contributed by atoms with Gasteiger partial charge in [-0.05, 0) is 6.42 Å². The Morgan fingerprint density at radius 2 is 1.93 bits per heavy atom. The van der Waals surface area contributed by atoms with Gasteiger partial charge >= 0.3 is 5.97 Å². The van der Waals surface area contributed by atoms with Crippen LogP contribution in [0.15, 0.2) is 0 Å². The zero-order valence-electron chi connectivity index (χ0n) is 9.29. The fourth-order valence-electron chi connectivity index (χ4n) is 0.965. The van der Waals surface area contributed by atoms with E-state index >= 15 is 0 Å². The van der Waals surface area contributed by atoms with Crippen LogP contribution in [0.4, 0.5) is 0 Å². The normalized spacial score (nSPS) is 12.6. The summed E-state index contributed by atoms with van der Waals surface area (Å²) in [6, 6.07) is -0.373. The summed E-state index contributed by atoms with van der Waals surface area (Å²) in [6.07, 6.45) is 0.623. The van der Waals surface area contributed by atoms with Crippen molar-refractivity contribution in [3.63, 3.8) is 0 Å². The molecule has 0 bridgehead atoms. The van der Waals surface area contributed by atoms with Crippen LogP contribution in [0.3, 0.4) is 0 Å². The van der Waals surface area contributed by atoms with Gasteiger partial charge in [-0.3, -0.25) is 14.9 Å². The maximum Gasteiger partial charge on any atom is 0.322 e. The average molecular weight is 201 g/mol. The maximum absolute atomic E-state index is 11.3. The topological polar surface area (TPSA) is 55.4 Å². The zero-order valence-corrected chi connectivity index (χ0v) is 9.29. The summed E-state index contributed by atoms with van der Waals surface area (Å²) >= 11 is 0. The summed E-state index contributed by atoms with van der Waals surface area (Å²) in [7, 11) is 1.34. The van der Waals surface area contributed by atoms with Crippen LogP contribution in [0.25, 0.3) is 0 Å². The van der Waals surface area contributed by atoms with Gasteiger partial charge in [0.2, 0.25) is 0 Å². The van der Waals surface area contributed by atoms with Gasteiger partial charge in [0.15, 0.2) is 0 Å². The molecule has 4 nitrogen and oxygen atoms in total. The SMILES string of the molecule is CCC(NCC(=O)C(C)C)C(=O)OC. The van der Waals surface area contributed by atoms with E-state index in [4.69, 9.17) is 0 Å². The predicted molar refractivity (Wildman–Crippen MR) is 53.9 cm³/mol. The Labute approximate surface area is 85.0 Å². The largest absolute Gasteiger partial charge is 0.468 e. The van der Waals surface area contributed by atoms with Crippen LogP contribution in [0, 0.1) is 5.92 Å². The first-order chi connectivity index (χ1) is 6.52. The minimum atomic E-state index is -0.373. The summed E-state index contributed by atoms with van der Waals surface area (Å²) in [6.45, 7) is 5.77. The van der Waals surface area contributed by atoms with Crippen LogP contribution in [0.5, 0.6) is 0 Å².